The van der Waals surface area contributed by atoms with Gasteiger partial charge in [0.2, 0.25) is 0 Å². The third-order valence-corrected chi connectivity index (χ3v) is 4.83. The zero-order chi connectivity index (χ0) is 18.2. The monoisotopic (exact) mass is 339 g/mol. The van der Waals surface area contributed by atoms with E-state index in [2.05, 4.69) is 63.3 Å². The summed E-state index contributed by atoms with van der Waals surface area (Å²) in [7, 11) is 2.01. The summed E-state index contributed by atoms with van der Waals surface area (Å²) < 4.78 is 6.01. The van der Waals surface area contributed by atoms with E-state index in [0.29, 0.717) is 0 Å². The second-order valence-electron chi connectivity index (χ2n) is 7.07. The molecule has 0 saturated heterocycles. The van der Waals surface area contributed by atoms with Crippen molar-refractivity contribution in [2.24, 2.45) is 0 Å². The molecular formula is C23H33NO. The van der Waals surface area contributed by atoms with E-state index in [1.165, 1.54) is 52.6 Å². The van der Waals surface area contributed by atoms with Gasteiger partial charge in [-0.3, -0.25) is 0 Å². The molecule has 0 radical (unpaired) electrons. The highest BCUT2D eigenvalue weighted by molar-refractivity contribution is 5.77. The predicted octanol–water partition coefficient (Wildman–Crippen LogP) is 5.75. The van der Waals surface area contributed by atoms with Crippen molar-refractivity contribution in [2.75, 3.05) is 20.2 Å². The summed E-state index contributed by atoms with van der Waals surface area (Å²) in [5, 5.41) is 3.19. The van der Waals surface area contributed by atoms with Gasteiger partial charge in [-0.05, 0) is 99.6 Å². The first-order valence-corrected chi connectivity index (χ1v) is 9.50. The maximum atomic E-state index is 6.01. The van der Waals surface area contributed by atoms with Gasteiger partial charge in [0.05, 0.1) is 6.61 Å². The normalized spacial score (nSPS) is 10.9. The molecule has 0 unspecified atom stereocenters. The molecule has 0 saturated carbocycles. The van der Waals surface area contributed by atoms with Crippen LogP contribution in [0.2, 0.25) is 0 Å². The minimum absolute atomic E-state index is 0.807. The summed E-state index contributed by atoms with van der Waals surface area (Å²) in [6, 6.07) is 10.9. The third-order valence-electron chi connectivity index (χ3n) is 4.83. The van der Waals surface area contributed by atoms with Crippen LogP contribution < -0.4 is 10.1 Å². The van der Waals surface area contributed by atoms with Crippen molar-refractivity contribution in [3.63, 3.8) is 0 Å². The number of hydrogen-bond acceptors (Lipinski definition) is 2. The molecule has 0 heterocycles. The van der Waals surface area contributed by atoms with Crippen LogP contribution in [-0.4, -0.2) is 20.2 Å². The van der Waals surface area contributed by atoms with E-state index < -0.39 is 0 Å². The number of nitrogens with one attached hydrogen (secondary N) is 1. The minimum Gasteiger partial charge on any atom is -0.494 e. The number of hydrogen-bond donors (Lipinski definition) is 1. The summed E-state index contributed by atoms with van der Waals surface area (Å²) in [6.07, 6.45) is 4.88. The van der Waals surface area contributed by atoms with Gasteiger partial charge in [-0.1, -0.05) is 31.0 Å². The maximum Gasteiger partial charge on any atom is 0.119 e. The molecule has 136 valence electrons. The highest BCUT2D eigenvalue weighted by Crippen LogP contribution is 2.35. The molecule has 0 aliphatic carbocycles. The lowest BCUT2D eigenvalue weighted by Crippen LogP contribution is -2.07. The Morgan fingerprint density at radius 1 is 0.760 bits per heavy atom. The summed E-state index contributed by atoms with van der Waals surface area (Å²) in [4.78, 5) is 0. The Morgan fingerprint density at radius 3 is 1.92 bits per heavy atom. The van der Waals surface area contributed by atoms with Crippen LogP contribution in [0.1, 0.15) is 47.9 Å². The van der Waals surface area contributed by atoms with Gasteiger partial charge in [-0.25, -0.2) is 0 Å². The third kappa shape index (κ3) is 5.34. The Bertz CT molecular complexity index is 647. The second kappa shape index (κ2) is 9.62. The van der Waals surface area contributed by atoms with E-state index in [9.17, 15) is 0 Å². The fourth-order valence-electron chi connectivity index (χ4n) is 3.56. The van der Waals surface area contributed by atoms with Crippen LogP contribution in [0.3, 0.4) is 0 Å². The topological polar surface area (TPSA) is 21.3 Å². The Balaban J connectivity index is 2.03. The number of unbranched alkanes of at least 4 members (excludes halogenated alkanes) is 3. The summed E-state index contributed by atoms with van der Waals surface area (Å²) >= 11 is 0. The summed E-state index contributed by atoms with van der Waals surface area (Å²) in [6.45, 7) is 10.7. The van der Waals surface area contributed by atoms with Gasteiger partial charge in [0.25, 0.3) is 0 Å². The van der Waals surface area contributed by atoms with Crippen molar-refractivity contribution in [3.8, 4) is 16.9 Å². The molecule has 0 aliphatic heterocycles. The van der Waals surface area contributed by atoms with Crippen LogP contribution in [0.4, 0.5) is 0 Å². The van der Waals surface area contributed by atoms with E-state index >= 15 is 0 Å². The molecule has 2 rings (SSSR count). The van der Waals surface area contributed by atoms with Crippen molar-refractivity contribution < 1.29 is 4.74 Å². The van der Waals surface area contributed by atoms with Gasteiger partial charge in [0.1, 0.15) is 5.75 Å². The van der Waals surface area contributed by atoms with Crippen molar-refractivity contribution in [1.29, 1.82) is 0 Å². The van der Waals surface area contributed by atoms with E-state index in [1.54, 1.807) is 0 Å². The van der Waals surface area contributed by atoms with E-state index in [4.69, 9.17) is 4.74 Å². The number of rotatable bonds is 9. The molecule has 0 atom stereocenters. The van der Waals surface area contributed by atoms with Crippen LogP contribution in [0.15, 0.2) is 30.3 Å². The van der Waals surface area contributed by atoms with Gasteiger partial charge in [-0.15, -0.1) is 0 Å². The van der Waals surface area contributed by atoms with Crippen LogP contribution in [0.25, 0.3) is 11.1 Å². The van der Waals surface area contributed by atoms with Gasteiger partial charge < -0.3 is 10.1 Å². The zero-order valence-electron chi connectivity index (χ0n) is 16.5. The Morgan fingerprint density at radius 2 is 1.32 bits per heavy atom. The Labute approximate surface area is 153 Å². The van der Waals surface area contributed by atoms with Gasteiger partial charge in [-0.2, -0.15) is 0 Å². The summed E-state index contributed by atoms with van der Waals surface area (Å²) in [5.74, 6) is 1.00. The molecule has 0 aromatic heterocycles. The smallest absolute Gasteiger partial charge is 0.119 e. The maximum absolute atomic E-state index is 6.01. The first-order chi connectivity index (χ1) is 12.0. The highest BCUT2D eigenvalue weighted by Gasteiger charge is 2.12. The number of aryl methyl sites for hydroxylation is 4. The van der Waals surface area contributed by atoms with E-state index in [0.717, 1.165) is 25.3 Å². The van der Waals surface area contributed by atoms with Crippen LogP contribution in [-0.2, 0) is 0 Å². The lowest BCUT2D eigenvalue weighted by molar-refractivity contribution is 0.304. The quantitative estimate of drug-likeness (QED) is 0.588. The lowest BCUT2D eigenvalue weighted by Gasteiger charge is -2.17. The average molecular weight is 340 g/mol. The summed E-state index contributed by atoms with van der Waals surface area (Å²) in [5.41, 5.74) is 7.98. The minimum atomic E-state index is 0.807. The fraction of sp³-hybridized carbons (Fsp3) is 0.478. The molecule has 0 fully saturated rings. The number of ether oxygens (including phenoxy) is 1. The molecular weight excluding hydrogens is 306 g/mol. The van der Waals surface area contributed by atoms with Crippen molar-refractivity contribution in [1.82, 2.24) is 5.32 Å². The van der Waals surface area contributed by atoms with E-state index in [1.807, 2.05) is 7.05 Å². The van der Waals surface area contributed by atoms with Gasteiger partial charge >= 0.3 is 0 Å². The molecule has 2 aromatic carbocycles. The molecule has 25 heavy (non-hydrogen) atoms. The van der Waals surface area contributed by atoms with Crippen LogP contribution in [0.5, 0.6) is 5.75 Å². The molecule has 0 aliphatic rings. The standard InChI is InChI=1S/C23H33NO/c1-17-11-10-12-18(2)22(17)23-19(3)15-21(16-20(23)4)25-14-9-7-6-8-13-24-5/h10-12,15-16,24H,6-9,13-14H2,1-5H3. The Kier molecular flexibility index (Phi) is 7.52. The van der Waals surface area contributed by atoms with Gasteiger partial charge in [0, 0.05) is 0 Å². The van der Waals surface area contributed by atoms with E-state index in [-0.39, 0.29) is 0 Å². The molecule has 0 bridgehead atoms. The molecule has 0 spiro atoms. The van der Waals surface area contributed by atoms with Crippen LogP contribution >= 0.6 is 0 Å². The highest BCUT2D eigenvalue weighted by atomic mass is 16.5. The molecule has 1 N–H and O–H groups in total. The second-order valence-corrected chi connectivity index (χ2v) is 7.07. The SMILES string of the molecule is CNCCCCCCOc1cc(C)c(-c2c(C)cccc2C)c(C)c1. The molecule has 0 amide bonds. The average Bonchev–Trinajstić information content (AvgIpc) is 2.56. The molecule has 2 aromatic rings. The predicted molar refractivity (Wildman–Crippen MR) is 109 cm³/mol. The first-order valence-electron chi connectivity index (χ1n) is 9.50. The number of benzene rings is 2. The van der Waals surface area contributed by atoms with Crippen molar-refractivity contribution in [3.05, 3.63) is 52.6 Å². The molecule has 2 nitrogen and oxygen atoms in total. The van der Waals surface area contributed by atoms with Gasteiger partial charge in [0.15, 0.2) is 0 Å². The van der Waals surface area contributed by atoms with Crippen molar-refractivity contribution in [2.45, 2.75) is 53.4 Å². The fourth-order valence-corrected chi connectivity index (χ4v) is 3.56. The Hall–Kier alpha value is -1.80. The first kappa shape index (κ1) is 19.5. The lowest BCUT2D eigenvalue weighted by atomic mass is 9.89. The molecule has 2 heteroatoms. The zero-order valence-corrected chi connectivity index (χ0v) is 16.5. The van der Waals surface area contributed by atoms with Crippen LogP contribution in [0, 0.1) is 27.7 Å². The largest absolute Gasteiger partial charge is 0.494 e. The van der Waals surface area contributed by atoms with Crippen molar-refractivity contribution >= 4 is 0 Å².